The molecular formula is C10H15BN2O2S4. The molecule has 6 N–H and O–H groups in total. The van der Waals surface area contributed by atoms with Crippen LogP contribution in [-0.2, 0) is 0 Å². The molecule has 9 heteroatoms. The van der Waals surface area contributed by atoms with Gasteiger partial charge < -0.3 is 21.6 Å². The highest BCUT2D eigenvalue weighted by molar-refractivity contribution is 8.11. The summed E-state index contributed by atoms with van der Waals surface area (Å²) in [4.78, 5) is 0. The molecule has 0 aliphatic rings. The Labute approximate surface area is 135 Å². The Morgan fingerprint density at radius 1 is 1.21 bits per heavy atom. The minimum atomic E-state index is -0.0476. The van der Waals surface area contributed by atoms with E-state index in [2.05, 4.69) is 35.9 Å². The Balaban J connectivity index is 0. The second-order valence-electron chi connectivity index (χ2n) is 3.36. The van der Waals surface area contributed by atoms with Crippen molar-refractivity contribution < 1.29 is 11.0 Å². The van der Waals surface area contributed by atoms with E-state index in [-0.39, 0.29) is 17.0 Å². The van der Waals surface area contributed by atoms with Crippen LogP contribution in [0.25, 0.3) is 0 Å². The smallest absolute Gasteiger partial charge is 0.131 e. The molecular weight excluding hydrogens is 319 g/mol. The largest absolute Gasteiger partial charge is 0.412 e. The Kier molecular flexibility index (Phi) is 11.6. The van der Waals surface area contributed by atoms with Crippen LogP contribution in [0, 0.1) is 0 Å². The van der Waals surface area contributed by atoms with E-state index < -0.39 is 0 Å². The van der Waals surface area contributed by atoms with Gasteiger partial charge >= 0.3 is 0 Å². The lowest BCUT2D eigenvalue weighted by molar-refractivity contribution is 0.638. The normalized spacial score (nSPS) is 10.4. The van der Waals surface area contributed by atoms with Crippen molar-refractivity contribution in [3.05, 3.63) is 29.8 Å². The first-order valence-corrected chi connectivity index (χ1v) is 6.52. The van der Waals surface area contributed by atoms with E-state index in [1.54, 1.807) is 0 Å². The van der Waals surface area contributed by atoms with Gasteiger partial charge in [-0.1, -0.05) is 54.2 Å². The standard InChI is InChI=1S/C10H11BN2S4.2H2O/c11-7-3-1-2-6(4-7)8(13-10(16)17)5-12-9(14)15;;/h1-4,8H,5H2,(H2,12,14,15)(H2,13,16,17);2*1H2. The SMILES string of the molecule is O.O.[B]c1cccc(C(CNC(=S)S)NC(=S)S)c1. The molecule has 0 saturated carbocycles. The van der Waals surface area contributed by atoms with Crippen molar-refractivity contribution in [2.45, 2.75) is 6.04 Å². The van der Waals surface area contributed by atoms with E-state index in [1.165, 1.54) is 0 Å². The van der Waals surface area contributed by atoms with Gasteiger partial charge in [-0.05, 0) is 5.56 Å². The molecule has 1 aromatic rings. The second kappa shape index (κ2) is 10.5. The van der Waals surface area contributed by atoms with Crippen LogP contribution in [0.2, 0.25) is 0 Å². The van der Waals surface area contributed by atoms with Gasteiger partial charge in [-0.3, -0.25) is 0 Å². The molecule has 0 saturated heterocycles. The lowest BCUT2D eigenvalue weighted by atomic mass is 9.92. The van der Waals surface area contributed by atoms with Crippen molar-refractivity contribution in [1.29, 1.82) is 0 Å². The molecule has 4 nitrogen and oxygen atoms in total. The van der Waals surface area contributed by atoms with E-state index in [1.807, 2.05) is 24.3 Å². The van der Waals surface area contributed by atoms with E-state index in [0.717, 1.165) is 5.56 Å². The first-order chi connectivity index (χ1) is 7.99. The van der Waals surface area contributed by atoms with Gasteiger partial charge in [0.1, 0.15) is 16.5 Å². The van der Waals surface area contributed by atoms with Crippen molar-refractivity contribution in [2.75, 3.05) is 6.54 Å². The molecule has 19 heavy (non-hydrogen) atoms. The highest BCUT2D eigenvalue weighted by atomic mass is 32.1. The molecule has 104 valence electrons. The van der Waals surface area contributed by atoms with Gasteiger partial charge in [0.05, 0.1) is 6.04 Å². The third-order valence-corrected chi connectivity index (χ3v) is 2.62. The van der Waals surface area contributed by atoms with Gasteiger partial charge in [-0.25, -0.2) is 0 Å². The summed E-state index contributed by atoms with van der Waals surface area (Å²) >= 11 is 17.9. The summed E-state index contributed by atoms with van der Waals surface area (Å²) in [6.45, 7) is 0.562. The Morgan fingerprint density at radius 3 is 2.32 bits per heavy atom. The molecule has 1 aromatic carbocycles. The van der Waals surface area contributed by atoms with Crippen LogP contribution in [0.4, 0.5) is 0 Å². The van der Waals surface area contributed by atoms with E-state index >= 15 is 0 Å². The number of hydrogen-bond donors (Lipinski definition) is 4. The third-order valence-electron chi connectivity index (χ3n) is 2.07. The summed E-state index contributed by atoms with van der Waals surface area (Å²) < 4.78 is 0.857. The molecule has 0 fully saturated rings. The van der Waals surface area contributed by atoms with Crippen LogP contribution in [0.15, 0.2) is 24.3 Å². The maximum atomic E-state index is 5.74. The molecule has 0 spiro atoms. The number of nitrogens with one attached hydrogen (secondary N) is 2. The predicted molar refractivity (Wildman–Crippen MR) is 96.1 cm³/mol. The molecule has 1 unspecified atom stereocenters. The number of hydrogen-bond acceptors (Lipinski definition) is 2. The zero-order valence-corrected chi connectivity index (χ0v) is 13.3. The molecule has 0 amide bonds. The minimum Gasteiger partial charge on any atom is -0.412 e. The van der Waals surface area contributed by atoms with Gasteiger partial charge in [0, 0.05) is 6.54 Å². The van der Waals surface area contributed by atoms with Gasteiger partial charge in [0.2, 0.25) is 0 Å². The van der Waals surface area contributed by atoms with Gasteiger partial charge in [0.25, 0.3) is 0 Å². The first kappa shape index (κ1) is 21.0. The quantitative estimate of drug-likeness (QED) is 0.339. The fraction of sp³-hybridized carbons (Fsp3) is 0.200. The zero-order valence-electron chi connectivity index (χ0n) is 9.88. The number of thiocarbonyl (C=S) groups is 2. The maximum Gasteiger partial charge on any atom is 0.131 e. The summed E-state index contributed by atoms with van der Waals surface area (Å²) in [6.07, 6.45) is 0. The number of benzene rings is 1. The average molecular weight is 334 g/mol. The second-order valence-corrected chi connectivity index (χ2v) is 5.67. The number of thiol groups is 2. The average Bonchev–Trinajstić information content (AvgIpc) is 2.23. The summed E-state index contributed by atoms with van der Waals surface area (Å²) in [6, 6.07) is 7.51. The highest BCUT2D eigenvalue weighted by Gasteiger charge is 2.11. The van der Waals surface area contributed by atoms with Crippen molar-refractivity contribution in [3.8, 4) is 0 Å². The van der Waals surface area contributed by atoms with Crippen LogP contribution in [0.3, 0.4) is 0 Å². The molecule has 1 atom stereocenters. The first-order valence-electron chi connectivity index (χ1n) is 4.80. The van der Waals surface area contributed by atoms with Crippen LogP contribution >= 0.6 is 49.7 Å². The lowest BCUT2D eigenvalue weighted by Crippen LogP contribution is -2.34. The maximum absolute atomic E-state index is 5.74. The van der Waals surface area contributed by atoms with Gasteiger partial charge in [-0.2, -0.15) is 0 Å². The summed E-state index contributed by atoms with van der Waals surface area (Å²) in [7, 11) is 5.74. The van der Waals surface area contributed by atoms with Crippen LogP contribution in [0.5, 0.6) is 0 Å². The van der Waals surface area contributed by atoms with Crippen molar-refractivity contribution in [3.63, 3.8) is 0 Å². The van der Waals surface area contributed by atoms with Crippen molar-refractivity contribution in [1.82, 2.24) is 10.6 Å². The Morgan fingerprint density at radius 2 is 1.84 bits per heavy atom. The minimum absolute atomic E-state index is 0. The molecule has 1 rings (SSSR count). The van der Waals surface area contributed by atoms with Crippen LogP contribution in [0.1, 0.15) is 11.6 Å². The van der Waals surface area contributed by atoms with Gasteiger partial charge in [-0.15, -0.1) is 25.3 Å². The molecule has 0 aliphatic carbocycles. The highest BCUT2D eigenvalue weighted by Crippen LogP contribution is 2.11. The van der Waals surface area contributed by atoms with Crippen molar-refractivity contribution in [2.24, 2.45) is 0 Å². The fourth-order valence-electron chi connectivity index (χ4n) is 1.37. The molecule has 2 radical (unpaired) electrons. The molecule has 0 aromatic heterocycles. The molecule has 0 aliphatic heterocycles. The predicted octanol–water partition coefficient (Wildman–Crippen LogP) is -0.519. The topological polar surface area (TPSA) is 87.1 Å². The van der Waals surface area contributed by atoms with Crippen LogP contribution < -0.4 is 16.1 Å². The summed E-state index contributed by atoms with van der Waals surface area (Å²) in [5, 5.41) is 6.03. The number of rotatable bonds is 4. The summed E-state index contributed by atoms with van der Waals surface area (Å²) in [5.74, 6) is 0. The Hall–Kier alpha value is -0.315. The van der Waals surface area contributed by atoms with Crippen LogP contribution in [-0.4, -0.2) is 34.0 Å². The fourth-order valence-corrected chi connectivity index (χ4v) is 1.84. The van der Waals surface area contributed by atoms with Crippen molar-refractivity contribution >= 4 is 71.6 Å². The van der Waals surface area contributed by atoms with Gasteiger partial charge in [0.15, 0.2) is 0 Å². The van der Waals surface area contributed by atoms with E-state index in [4.69, 9.17) is 32.3 Å². The molecule has 0 bridgehead atoms. The van der Waals surface area contributed by atoms with E-state index in [9.17, 15) is 0 Å². The Bertz CT molecular complexity index is 434. The summed E-state index contributed by atoms with van der Waals surface area (Å²) in [5.41, 5.74) is 1.71. The third kappa shape index (κ3) is 8.45. The monoisotopic (exact) mass is 334 g/mol. The van der Waals surface area contributed by atoms with E-state index in [0.29, 0.717) is 20.6 Å². The molecule has 0 heterocycles. The zero-order chi connectivity index (χ0) is 12.8. The lowest BCUT2D eigenvalue weighted by Gasteiger charge is -2.20.